The zero-order valence-corrected chi connectivity index (χ0v) is 6.88. The average Bonchev–Trinajstić information content (AvgIpc) is 2.41. The van der Waals surface area contributed by atoms with Crippen LogP contribution in [-0.2, 0) is 0 Å². The van der Waals surface area contributed by atoms with Gasteiger partial charge in [-0.25, -0.2) is 0 Å². The molecule has 2 aliphatic heterocycles. The summed E-state index contributed by atoms with van der Waals surface area (Å²) < 4.78 is 0. The highest BCUT2D eigenvalue weighted by Gasteiger charge is 2.38. The van der Waals surface area contributed by atoms with Gasteiger partial charge in [-0.2, -0.15) is 0 Å². The Morgan fingerprint density at radius 3 is 1.70 bits per heavy atom. The predicted molar refractivity (Wildman–Crippen MR) is 42.1 cm³/mol. The summed E-state index contributed by atoms with van der Waals surface area (Å²) in [5.74, 6) is 0. The Balaban J connectivity index is 2.09. The minimum Gasteiger partial charge on any atom is -0.302 e. The van der Waals surface area contributed by atoms with Gasteiger partial charge in [0.2, 0.25) is 0 Å². The van der Waals surface area contributed by atoms with E-state index in [9.17, 15) is 0 Å². The van der Waals surface area contributed by atoms with Gasteiger partial charge in [0.05, 0.1) is 0 Å². The monoisotopic (exact) mass is 140 g/mol. The van der Waals surface area contributed by atoms with Gasteiger partial charge in [-0.1, -0.05) is 0 Å². The molecule has 0 aromatic heterocycles. The predicted octanol–water partition coefficient (Wildman–Crippen LogP) is 0.395. The summed E-state index contributed by atoms with van der Waals surface area (Å²) in [5.41, 5.74) is 0. The van der Waals surface area contributed by atoms with E-state index in [4.69, 9.17) is 0 Å². The molecule has 2 atom stereocenters. The molecule has 2 fully saturated rings. The molecule has 10 heavy (non-hydrogen) atoms. The van der Waals surface area contributed by atoms with E-state index in [2.05, 4.69) is 23.9 Å². The topological polar surface area (TPSA) is 6.48 Å². The molecule has 2 heterocycles. The van der Waals surface area contributed by atoms with E-state index in [0.29, 0.717) is 0 Å². The third-order valence-electron chi connectivity index (χ3n) is 3.13. The normalized spacial score (nSPS) is 42.6. The Kier molecular flexibility index (Phi) is 1.46. The number of hydrogen-bond acceptors (Lipinski definition) is 2. The van der Waals surface area contributed by atoms with Gasteiger partial charge >= 0.3 is 0 Å². The van der Waals surface area contributed by atoms with E-state index in [1.807, 2.05) is 0 Å². The quantitative estimate of drug-likeness (QED) is 0.480. The highest BCUT2D eigenvalue weighted by Crippen LogP contribution is 2.28. The fourth-order valence-corrected chi connectivity index (χ4v) is 2.42. The van der Waals surface area contributed by atoms with Crippen LogP contribution in [0.1, 0.15) is 12.8 Å². The maximum Gasteiger partial charge on any atom is 0.0261 e. The molecule has 0 unspecified atom stereocenters. The molecule has 2 rings (SSSR count). The number of nitrogens with zero attached hydrogens (tertiary/aromatic N) is 2. The lowest BCUT2D eigenvalue weighted by Crippen LogP contribution is -2.32. The molecule has 0 radical (unpaired) electrons. The minimum atomic E-state index is 0.880. The minimum absolute atomic E-state index is 0.880. The van der Waals surface area contributed by atoms with Crippen molar-refractivity contribution in [2.45, 2.75) is 24.9 Å². The third kappa shape index (κ3) is 0.789. The van der Waals surface area contributed by atoms with Gasteiger partial charge in [0.15, 0.2) is 0 Å². The van der Waals surface area contributed by atoms with E-state index < -0.39 is 0 Å². The van der Waals surface area contributed by atoms with Crippen LogP contribution in [0.2, 0.25) is 0 Å². The molecule has 0 N–H and O–H groups in total. The summed E-state index contributed by atoms with van der Waals surface area (Å²) >= 11 is 0. The lowest BCUT2D eigenvalue weighted by molar-refractivity contribution is 0.276. The van der Waals surface area contributed by atoms with Crippen LogP contribution in [-0.4, -0.2) is 49.1 Å². The van der Waals surface area contributed by atoms with E-state index in [1.165, 1.54) is 25.9 Å². The second-order valence-corrected chi connectivity index (χ2v) is 3.67. The first-order valence-corrected chi connectivity index (χ1v) is 4.19. The molecule has 0 bridgehead atoms. The molecule has 0 saturated carbocycles. The van der Waals surface area contributed by atoms with E-state index >= 15 is 0 Å². The molecule has 2 nitrogen and oxygen atoms in total. The SMILES string of the molecule is CN1CC[C@H]2[C@@H]1CCN2C. The summed E-state index contributed by atoms with van der Waals surface area (Å²) in [6.45, 7) is 2.61. The summed E-state index contributed by atoms with van der Waals surface area (Å²) in [6.07, 6.45) is 2.77. The van der Waals surface area contributed by atoms with Crippen LogP contribution in [0.25, 0.3) is 0 Å². The van der Waals surface area contributed by atoms with Crippen LogP contribution in [0, 0.1) is 0 Å². The van der Waals surface area contributed by atoms with Gasteiger partial charge in [-0.15, -0.1) is 0 Å². The Morgan fingerprint density at radius 2 is 1.30 bits per heavy atom. The number of hydrogen-bond donors (Lipinski definition) is 0. The molecule has 0 aliphatic carbocycles. The maximum absolute atomic E-state index is 2.51. The van der Waals surface area contributed by atoms with Crippen LogP contribution >= 0.6 is 0 Å². The van der Waals surface area contributed by atoms with E-state index in [-0.39, 0.29) is 0 Å². The molecule has 0 aromatic rings. The second kappa shape index (κ2) is 2.21. The van der Waals surface area contributed by atoms with Crippen molar-refractivity contribution in [2.75, 3.05) is 27.2 Å². The van der Waals surface area contributed by atoms with Crippen LogP contribution in [0.5, 0.6) is 0 Å². The molecule has 2 aliphatic rings. The van der Waals surface area contributed by atoms with Crippen molar-refractivity contribution in [1.29, 1.82) is 0 Å². The van der Waals surface area contributed by atoms with Crippen LogP contribution < -0.4 is 0 Å². The lowest BCUT2D eigenvalue weighted by Gasteiger charge is -2.19. The van der Waals surface area contributed by atoms with Crippen LogP contribution in [0.15, 0.2) is 0 Å². The largest absolute Gasteiger partial charge is 0.302 e. The highest BCUT2D eigenvalue weighted by atomic mass is 15.3. The number of likely N-dealkylation sites (N-methyl/N-ethyl adjacent to an activating group) is 2. The van der Waals surface area contributed by atoms with Crippen molar-refractivity contribution in [3.05, 3.63) is 0 Å². The fraction of sp³-hybridized carbons (Fsp3) is 1.00. The van der Waals surface area contributed by atoms with Crippen LogP contribution in [0.4, 0.5) is 0 Å². The van der Waals surface area contributed by atoms with E-state index in [0.717, 1.165) is 12.1 Å². The third-order valence-corrected chi connectivity index (χ3v) is 3.13. The summed E-state index contributed by atoms with van der Waals surface area (Å²) in [5, 5.41) is 0. The Morgan fingerprint density at radius 1 is 0.900 bits per heavy atom. The molecule has 58 valence electrons. The molecule has 2 saturated heterocycles. The Bertz CT molecular complexity index is 119. The van der Waals surface area contributed by atoms with Gasteiger partial charge in [0.25, 0.3) is 0 Å². The number of rotatable bonds is 0. The van der Waals surface area contributed by atoms with Crippen molar-refractivity contribution in [3.8, 4) is 0 Å². The smallest absolute Gasteiger partial charge is 0.0261 e. The standard InChI is InChI=1S/C8H16N2/c1-9-5-3-8-7(9)4-6-10(8)2/h7-8H,3-6H2,1-2H3/t7-,8-/m0/s1. The number of fused-ring (bicyclic) bond motifs is 1. The van der Waals surface area contributed by atoms with Gasteiger partial charge in [0, 0.05) is 12.1 Å². The average molecular weight is 140 g/mol. The summed E-state index contributed by atoms with van der Waals surface area (Å²) in [6, 6.07) is 1.76. The molecule has 0 amide bonds. The molecular weight excluding hydrogens is 124 g/mol. The van der Waals surface area contributed by atoms with Crippen molar-refractivity contribution < 1.29 is 0 Å². The second-order valence-electron chi connectivity index (χ2n) is 3.67. The van der Waals surface area contributed by atoms with Crippen molar-refractivity contribution in [1.82, 2.24) is 9.80 Å². The lowest BCUT2D eigenvalue weighted by atomic mass is 10.1. The van der Waals surface area contributed by atoms with Gasteiger partial charge in [-0.3, -0.25) is 0 Å². The van der Waals surface area contributed by atoms with Crippen molar-refractivity contribution >= 4 is 0 Å². The first-order chi connectivity index (χ1) is 4.79. The molecule has 0 spiro atoms. The van der Waals surface area contributed by atoms with Gasteiger partial charge < -0.3 is 9.80 Å². The molecule has 0 aromatic carbocycles. The summed E-state index contributed by atoms with van der Waals surface area (Å²) in [4.78, 5) is 5.02. The zero-order valence-electron chi connectivity index (χ0n) is 6.88. The maximum atomic E-state index is 2.51. The van der Waals surface area contributed by atoms with Gasteiger partial charge in [-0.05, 0) is 40.0 Å². The first-order valence-electron chi connectivity index (χ1n) is 4.19. The fourth-order valence-electron chi connectivity index (χ4n) is 2.42. The molecular formula is C8H16N2. The van der Waals surface area contributed by atoms with Crippen LogP contribution in [0.3, 0.4) is 0 Å². The summed E-state index contributed by atoms with van der Waals surface area (Å²) in [7, 11) is 4.51. The van der Waals surface area contributed by atoms with Gasteiger partial charge in [0.1, 0.15) is 0 Å². The Labute approximate surface area is 62.8 Å². The van der Waals surface area contributed by atoms with Crippen molar-refractivity contribution in [2.24, 2.45) is 0 Å². The van der Waals surface area contributed by atoms with E-state index in [1.54, 1.807) is 0 Å². The molecule has 2 heteroatoms. The Hall–Kier alpha value is -0.0800. The first kappa shape index (κ1) is 6.62. The number of likely N-dealkylation sites (tertiary alicyclic amines) is 2. The highest BCUT2D eigenvalue weighted by molar-refractivity contribution is 4.96. The zero-order chi connectivity index (χ0) is 7.14. The van der Waals surface area contributed by atoms with Crippen molar-refractivity contribution in [3.63, 3.8) is 0 Å².